The van der Waals surface area contributed by atoms with Crippen LogP contribution >= 0.6 is 0 Å². The van der Waals surface area contributed by atoms with E-state index in [1.165, 1.54) is 0 Å². The number of benzene rings is 1. The molecule has 2 rings (SSSR count). The molecule has 2 N–H and O–H groups in total. The van der Waals surface area contributed by atoms with Crippen molar-refractivity contribution in [2.45, 2.75) is 25.8 Å². The molecule has 0 unspecified atom stereocenters. The van der Waals surface area contributed by atoms with Crippen LogP contribution in [0.2, 0.25) is 0 Å². The number of carbonyl (C=O) groups excluding carboxylic acids is 2. The lowest BCUT2D eigenvalue weighted by molar-refractivity contribution is -0.141. The van der Waals surface area contributed by atoms with Gasteiger partial charge in [-0.1, -0.05) is 30.3 Å². The van der Waals surface area contributed by atoms with Gasteiger partial charge in [-0.25, -0.2) is 0 Å². The third-order valence-corrected chi connectivity index (χ3v) is 4.25. The van der Waals surface area contributed by atoms with Gasteiger partial charge >= 0.3 is 5.97 Å². The molecule has 6 heteroatoms. The molecular weight excluding hydrogens is 296 g/mol. The second-order valence-electron chi connectivity index (χ2n) is 6.00. The molecule has 0 aromatic heterocycles. The van der Waals surface area contributed by atoms with E-state index in [1.807, 2.05) is 30.3 Å². The number of likely N-dealkylation sites (N-methyl/N-ethyl adjacent to an activating group) is 1. The van der Waals surface area contributed by atoms with Gasteiger partial charge in [0, 0.05) is 19.5 Å². The average molecular weight is 318 g/mol. The summed E-state index contributed by atoms with van der Waals surface area (Å²) in [6, 6.07) is 9.61. The highest BCUT2D eigenvalue weighted by Crippen LogP contribution is 2.30. The lowest BCUT2D eigenvalue weighted by atomic mass is 10.0. The third kappa shape index (κ3) is 4.81. The van der Waals surface area contributed by atoms with Crippen LogP contribution in [0.1, 0.15) is 24.8 Å². The maximum atomic E-state index is 12.1. The molecule has 0 bridgehead atoms. The number of hydrogen-bond acceptors (Lipinski definition) is 3. The Kier molecular flexibility index (Phi) is 5.73. The molecule has 0 saturated heterocycles. The van der Waals surface area contributed by atoms with Crippen LogP contribution in [0.15, 0.2) is 30.3 Å². The first-order valence-electron chi connectivity index (χ1n) is 7.75. The average Bonchev–Trinajstić information content (AvgIpc) is 3.03. The number of carboxylic acid groups (broad SMARTS) is 1. The summed E-state index contributed by atoms with van der Waals surface area (Å²) in [5.41, 5.74) is 1.02. The van der Waals surface area contributed by atoms with Gasteiger partial charge in [0.15, 0.2) is 0 Å². The predicted molar refractivity (Wildman–Crippen MR) is 84.4 cm³/mol. The van der Waals surface area contributed by atoms with Crippen LogP contribution in [0.4, 0.5) is 0 Å². The highest BCUT2D eigenvalue weighted by molar-refractivity contribution is 5.86. The van der Waals surface area contributed by atoms with Gasteiger partial charge in [0.25, 0.3) is 0 Å². The smallest absolute Gasteiger partial charge is 0.306 e. The summed E-state index contributed by atoms with van der Waals surface area (Å²) < 4.78 is 0. The molecule has 124 valence electrons. The molecule has 6 nitrogen and oxygen atoms in total. The lowest BCUT2D eigenvalue weighted by Crippen LogP contribution is -2.39. The van der Waals surface area contributed by atoms with Crippen LogP contribution in [-0.4, -0.2) is 41.4 Å². The summed E-state index contributed by atoms with van der Waals surface area (Å²) in [4.78, 5) is 36.5. The summed E-state index contributed by atoms with van der Waals surface area (Å²) in [7, 11) is 1.69. The van der Waals surface area contributed by atoms with Gasteiger partial charge in [0.2, 0.25) is 11.8 Å². The maximum Gasteiger partial charge on any atom is 0.306 e. The van der Waals surface area contributed by atoms with E-state index >= 15 is 0 Å². The molecule has 2 atom stereocenters. The molecule has 2 amide bonds. The number of nitrogens with zero attached hydrogens (tertiary/aromatic N) is 1. The number of carbonyl (C=O) groups is 3. The van der Waals surface area contributed by atoms with Crippen molar-refractivity contribution in [1.82, 2.24) is 10.2 Å². The van der Waals surface area contributed by atoms with Gasteiger partial charge in [0.05, 0.1) is 12.5 Å². The highest BCUT2D eigenvalue weighted by Gasteiger charge is 2.33. The van der Waals surface area contributed by atoms with E-state index in [2.05, 4.69) is 5.32 Å². The van der Waals surface area contributed by atoms with Gasteiger partial charge in [0.1, 0.15) is 0 Å². The van der Waals surface area contributed by atoms with Crippen LogP contribution < -0.4 is 5.32 Å². The van der Waals surface area contributed by atoms with Gasteiger partial charge in [-0.15, -0.1) is 0 Å². The minimum atomic E-state index is -0.848. The molecule has 1 aliphatic carbocycles. The van der Waals surface area contributed by atoms with Gasteiger partial charge < -0.3 is 15.3 Å². The van der Waals surface area contributed by atoms with E-state index < -0.39 is 11.9 Å². The molecule has 1 fully saturated rings. The van der Waals surface area contributed by atoms with Crippen molar-refractivity contribution in [3.8, 4) is 0 Å². The van der Waals surface area contributed by atoms with E-state index in [9.17, 15) is 14.4 Å². The van der Waals surface area contributed by atoms with Crippen molar-refractivity contribution in [1.29, 1.82) is 0 Å². The molecule has 1 aliphatic rings. The first kappa shape index (κ1) is 17.0. The zero-order valence-electron chi connectivity index (χ0n) is 13.2. The Morgan fingerprint density at radius 1 is 1.17 bits per heavy atom. The highest BCUT2D eigenvalue weighted by atomic mass is 16.4. The largest absolute Gasteiger partial charge is 0.481 e. The molecule has 0 heterocycles. The summed E-state index contributed by atoms with van der Waals surface area (Å²) in [5, 5.41) is 11.6. The molecule has 1 saturated carbocycles. The van der Waals surface area contributed by atoms with E-state index in [0.29, 0.717) is 25.8 Å². The minimum absolute atomic E-state index is 0.0591. The first-order valence-corrected chi connectivity index (χ1v) is 7.75. The standard InChI is InChI=1S/C17H22N2O4/c1-19(11-12-5-3-2-4-6-12)15(20)10-18-16(21)13-7-8-14(9-13)17(22)23/h2-6,13-14H,7-11H2,1H3,(H,18,21)(H,22,23)/t13-,14+/m1/s1. The molecular formula is C17H22N2O4. The normalized spacial score (nSPS) is 20.0. The van der Waals surface area contributed by atoms with Crippen LogP contribution in [-0.2, 0) is 20.9 Å². The number of hydrogen-bond donors (Lipinski definition) is 2. The number of aliphatic carboxylic acids is 1. The van der Waals surface area contributed by atoms with Crippen LogP contribution in [0.3, 0.4) is 0 Å². The van der Waals surface area contributed by atoms with Gasteiger partial charge in [-0.05, 0) is 24.8 Å². The van der Waals surface area contributed by atoms with Crippen molar-refractivity contribution < 1.29 is 19.5 Å². The Morgan fingerprint density at radius 2 is 1.83 bits per heavy atom. The van der Waals surface area contributed by atoms with Gasteiger partial charge in [-0.3, -0.25) is 14.4 Å². The summed E-state index contributed by atoms with van der Waals surface area (Å²) in [6.45, 7) is 0.427. The molecule has 0 spiro atoms. The van der Waals surface area contributed by atoms with Crippen molar-refractivity contribution in [3.63, 3.8) is 0 Å². The Balaban J connectivity index is 1.75. The second kappa shape index (κ2) is 7.76. The zero-order chi connectivity index (χ0) is 16.8. The molecule has 0 aliphatic heterocycles. The molecule has 1 aromatic rings. The summed E-state index contributed by atoms with van der Waals surface area (Å²) in [6.07, 6.45) is 1.45. The van der Waals surface area contributed by atoms with Crippen LogP contribution in [0.5, 0.6) is 0 Å². The van der Waals surface area contributed by atoms with E-state index in [-0.39, 0.29) is 24.3 Å². The number of amides is 2. The molecule has 0 radical (unpaired) electrons. The SMILES string of the molecule is CN(Cc1ccccc1)C(=O)CNC(=O)[C@@H]1CC[C@H](C(=O)O)C1. The number of carboxylic acids is 1. The van der Waals surface area contributed by atoms with E-state index in [1.54, 1.807) is 11.9 Å². The fourth-order valence-corrected chi connectivity index (χ4v) is 2.83. The third-order valence-electron chi connectivity index (χ3n) is 4.25. The fourth-order valence-electron chi connectivity index (χ4n) is 2.83. The van der Waals surface area contributed by atoms with Crippen molar-refractivity contribution >= 4 is 17.8 Å². The number of nitrogens with one attached hydrogen (secondary N) is 1. The number of rotatable bonds is 6. The van der Waals surface area contributed by atoms with Gasteiger partial charge in [-0.2, -0.15) is 0 Å². The molecule has 1 aromatic carbocycles. The van der Waals surface area contributed by atoms with Crippen molar-refractivity contribution in [3.05, 3.63) is 35.9 Å². The lowest BCUT2D eigenvalue weighted by Gasteiger charge is -2.18. The minimum Gasteiger partial charge on any atom is -0.481 e. The quantitative estimate of drug-likeness (QED) is 0.827. The maximum absolute atomic E-state index is 12.1. The fraction of sp³-hybridized carbons (Fsp3) is 0.471. The summed E-state index contributed by atoms with van der Waals surface area (Å²) in [5.74, 6) is -1.99. The van der Waals surface area contributed by atoms with E-state index in [4.69, 9.17) is 5.11 Å². The molecule has 23 heavy (non-hydrogen) atoms. The Morgan fingerprint density at radius 3 is 2.43 bits per heavy atom. The van der Waals surface area contributed by atoms with Crippen LogP contribution in [0.25, 0.3) is 0 Å². The van der Waals surface area contributed by atoms with Crippen molar-refractivity contribution in [2.75, 3.05) is 13.6 Å². The Bertz CT molecular complexity index is 573. The predicted octanol–water partition coefficient (Wildman–Crippen LogP) is 1.26. The second-order valence-corrected chi connectivity index (χ2v) is 6.00. The van der Waals surface area contributed by atoms with Crippen molar-refractivity contribution in [2.24, 2.45) is 11.8 Å². The zero-order valence-corrected chi connectivity index (χ0v) is 13.2. The first-order chi connectivity index (χ1) is 11.0. The topological polar surface area (TPSA) is 86.7 Å². The van der Waals surface area contributed by atoms with E-state index in [0.717, 1.165) is 5.56 Å². The monoisotopic (exact) mass is 318 g/mol. The van der Waals surface area contributed by atoms with Crippen LogP contribution in [0, 0.1) is 11.8 Å². The Hall–Kier alpha value is -2.37. The summed E-state index contributed by atoms with van der Waals surface area (Å²) >= 11 is 0. The Labute approximate surface area is 135 Å².